The summed E-state index contributed by atoms with van der Waals surface area (Å²) in [4.78, 5) is 5.42. The molecule has 1 saturated heterocycles. The standard InChI is InChI=1S/C8H16Br2N2/c1-11-5-6-12(4-2-3-9)8(10)7-11/h8H,2-7H2,1H3. The summed E-state index contributed by atoms with van der Waals surface area (Å²) in [7, 11) is 2.18. The summed E-state index contributed by atoms with van der Waals surface area (Å²) >= 11 is 7.15. The van der Waals surface area contributed by atoms with E-state index in [1.807, 2.05) is 0 Å². The average molecular weight is 300 g/mol. The number of nitrogens with zero attached hydrogens (tertiary/aromatic N) is 2. The maximum absolute atomic E-state index is 3.69. The third-order valence-corrected chi connectivity index (χ3v) is 3.64. The highest BCUT2D eigenvalue weighted by Crippen LogP contribution is 2.14. The second-order valence-electron chi connectivity index (χ2n) is 3.28. The molecule has 1 unspecified atom stereocenters. The molecule has 2 nitrogen and oxygen atoms in total. The molecule has 0 aromatic rings. The smallest absolute Gasteiger partial charge is 0.0784 e. The molecule has 0 N–H and O–H groups in total. The summed E-state index contributed by atoms with van der Waals surface area (Å²) in [6, 6.07) is 0. The Labute approximate surface area is 91.5 Å². The number of likely N-dealkylation sites (N-methyl/N-ethyl adjacent to an activating group) is 1. The number of alkyl halides is 2. The molecule has 1 atom stereocenters. The lowest BCUT2D eigenvalue weighted by Crippen LogP contribution is -2.49. The summed E-state index contributed by atoms with van der Waals surface area (Å²) in [6.45, 7) is 4.74. The molecule has 1 rings (SSSR count). The summed E-state index contributed by atoms with van der Waals surface area (Å²) in [6.07, 6.45) is 1.24. The molecule has 0 aliphatic carbocycles. The molecule has 1 aliphatic rings. The largest absolute Gasteiger partial charge is 0.303 e. The van der Waals surface area contributed by atoms with Crippen LogP contribution in [0.4, 0.5) is 0 Å². The van der Waals surface area contributed by atoms with Crippen molar-refractivity contribution in [2.24, 2.45) is 0 Å². The van der Waals surface area contributed by atoms with Gasteiger partial charge in [0.25, 0.3) is 0 Å². The Morgan fingerprint density at radius 2 is 2.17 bits per heavy atom. The lowest BCUT2D eigenvalue weighted by Gasteiger charge is -2.36. The van der Waals surface area contributed by atoms with E-state index in [1.54, 1.807) is 0 Å². The number of piperazine rings is 1. The van der Waals surface area contributed by atoms with E-state index in [9.17, 15) is 0 Å². The molecule has 12 heavy (non-hydrogen) atoms. The first kappa shape index (κ1) is 11.0. The van der Waals surface area contributed by atoms with Crippen LogP contribution in [0.1, 0.15) is 6.42 Å². The van der Waals surface area contributed by atoms with Gasteiger partial charge in [0, 0.05) is 31.5 Å². The first-order chi connectivity index (χ1) is 5.74. The maximum Gasteiger partial charge on any atom is 0.0784 e. The van der Waals surface area contributed by atoms with Gasteiger partial charge < -0.3 is 4.90 Å². The number of hydrogen-bond acceptors (Lipinski definition) is 2. The third-order valence-electron chi connectivity index (χ3n) is 2.21. The van der Waals surface area contributed by atoms with Gasteiger partial charge in [-0.05, 0) is 13.5 Å². The molecule has 1 fully saturated rings. The lowest BCUT2D eigenvalue weighted by atomic mass is 10.3. The molecule has 0 amide bonds. The first-order valence-electron chi connectivity index (χ1n) is 4.36. The SMILES string of the molecule is CN1CCN(CCCBr)C(Br)C1. The van der Waals surface area contributed by atoms with Crippen LogP contribution in [-0.2, 0) is 0 Å². The molecular weight excluding hydrogens is 284 g/mol. The predicted molar refractivity (Wildman–Crippen MR) is 60.2 cm³/mol. The molecule has 0 radical (unpaired) electrons. The van der Waals surface area contributed by atoms with E-state index in [2.05, 4.69) is 48.7 Å². The van der Waals surface area contributed by atoms with Crippen LogP contribution >= 0.6 is 31.9 Å². The molecule has 0 saturated carbocycles. The summed E-state index contributed by atoms with van der Waals surface area (Å²) in [5.41, 5.74) is 0. The molecule has 0 aromatic carbocycles. The minimum absolute atomic E-state index is 0.551. The summed E-state index contributed by atoms with van der Waals surface area (Å²) in [5, 5.41) is 1.11. The van der Waals surface area contributed by atoms with Gasteiger partial charge in [-0.2, -0.15) is 0 Å². The zero-order valence-corrected chi connectivity index (χ0v) is 10.6. The molecule has 0 spiro atoms. The fraction of sp³-hybridized carbons (Fsp3) is 1.00. The number of hydrogen-bond donors (Lipinski definition) is 0. The zero-order chi connectivity index (χ0) is 8.97. The Morgan fingerprint density at radius 3 is 2.75 bits per heavy atom. The van der Waals surface area contributed by atoms with Gasteiger partial charge in [-0.15, -0.1) is 0 Å². The Morgan fingerprint density at radius 1 is 1.42 bits per heavy atom. The van der Waals surface area contributed by atoms with Crippen LogP contribution < -0.4 is 0 Å². The van der Waals surface area contributed by atoms with E-state index >= 15 is 0 Å². The first-order valence-corrected chi connectivity index (χ1v) is 6.40. The molecule has 1 heterocycles. The van der Waals surface area contributed by atoms with Crippen LogP contribution in [0.3, 0.4) is 0 Å². The van der Waals surface area contributed by atoms with Gasteiger partial charge >= 0.3 is 0 Å². The van der Waals surface area contributed by atoms with Crippen molar-refractivity contribution in [2.45, 2.75) is 11.4 Å². The normalized spacial score (nSPS) is 27.8. The van der Waals surface area contributed by atoms with Crippen molar-refractivity contribution in [3.05, 3.63) is 0 Å². The van der Waals surface area contributed by atoms with E-state index in [1.165, 1.54) is 26.1 Å². The maximum atomic E-state index is 3.69. The van der Waals surface area contributed by atoms with Crippen LogP contribution in [0.2, 0.25) is 0 Å². The van der Waals surface area contributed by atoms with Crippen molar-refractivity contribution in [3.63, 3.8) is 0 Å². The fourth-order valence-corrected chi connectivity index (χ4v) is 2.57. The van der Waals surface area contributed by atoms with E-state index in [-0.39, 0.29) is 0 Å². The van der Waals surface area contributed by atoms with Crippen molar-refractivity contribution in [2.75, 3.05) is 38.6 Å². The molecule has 1 aliphatic heterocycles. The molecule has 4 heteroatoms. The van der Waals surface area contributed by atoms with Crippen molar-refractivity contribution >= 4 is 31.9 Å². The Balaban J connectivity index is 2.25. The van der Waals surface area contributed by atoms with Crippen molar-refractivity contribution in [1.29, 1.82) is 0 Å². The monoisotopic (exact) mass is 298 g/mol. The highest BCUT2D eigenvalue weighted by Gasteiger charge is 2.21. The Hall–Kier alpha value is 0.880. The van der Waals surface area contributed by atoms with Gasteiger partial charge in [0.15, 0.2) is 0 Å². The van der Waals surface area contributed by atoms with Gasteiger partial charge in [-0.25, -0.2) is 0 Å². The number of halogens is 2. The van der Waals surface area contributed by atoms with Gasteiger partial charge in [0.05, 0.1) is 4.95 Å². The molecule has 0 bridgehead atoms. The van der Waals surface area contributed by atoms with Crippen LogP contribution in [0, 0.1) is 0 Å². The number of rotatable bonds is 3. The predicted octanol–water partition coefficient (Wildman–Crippen LogP) is 1.74. The van der Waals surface area contributed by atoms with E-state index in [0.29, 0.717) is 4.95 Å². The zero-order valence-electron chi connectivity index (χ0n) is 7.47. The topological polar surface area (TPSA) is 6.48 Å². The van der Waals surface area contributed by atoms with Crippen LogP contribution in [0.25, 0.3) is 0 Å². The van der Waals surface area contributed by atoms with Crippen molar-refractivity contribution in [1.82, 2.24) is 9.80 Å². The van der Waals surface area contributed by atoms with Gasteiger partial charge in [0.2, 0.25) is 0 Å². The van der Waals surface area contributed by atoms with Gasteiger partial charge in [-0.1, -0.05) is 31.9 Å². The van der Waals surface area contributed by atoms with Gasteiger partial charge in [-0.3, -0.25) is 4.90 Å². The van der Waals surface area contributed by atoms with Crippen molar-refractivity contribution < 1.29 is 0 Å². The van der Waals surface area contributed by atoms with Crippen molar-refractivity contribution in [3.8, 4) is 0 Å². The minimum Gasteiger partial charge on any atom is -0.303 e. The molecule has 72 valence electrons. The Kier molecular flexibility index (Phi) is 5.09. The van der Waals surface area contributed by atoms with Crippen LogP contribution in [0.5, 0.6) is 0 Å². The van der Waals surface area contributed by atoms with Gasteiger partial charge in [0.1, 0.15) is 0 Å². The second-order valence-corrected chi connectivity index (χ2v) is 5.13. The molecule has 0 aromatic heterocycles. The average Bonchev–Trinajstić information content (AvgIpc) is 2.03. The van der Waals surface area contributed by atoms with E-state index < -0.39 is 0 Å². The molecular formula is C8H16Br2N2. The Bertz CT molecular complexity index is 130. The van der Waals surface area contributed by atoms with Crippen LogP contribution in [-0.4, -0.2) is 53.3 Å². The highest BCUT2D eigenvalue weighted by molar-refractivity contribution is 9.09. The quantitative estimate of drug-likeness (QED) is 0.579. The summed E-state index contributed by atoms with van der Waals surface area (Å²) < 4.78 is 0. The van der Waals surface area contributed by atoms with E-state index in [4.69, 9.17) is 0 Å². The highest BCUT2D eigenvalue weighted by atomic mass is 79.9. The lowest BCUT2D eigenvalue weighted by molar-refractivity contribution is 0.140. The summed E-state index contributed by atoms with van der Waals surface area (Å²) in [5.74, 6) is 0. The third kappa shape index (κ3) is 3.32. The minimum atomic E-state index is 0.551. The fourth-order valence-electron chi connectivity index (χ4n) is 1.42. The van der Waals surface area contributed by atoms with E-state index in [0.717, 1.165) is 11.9 Å². The van der Waals surface area contributed by atoms with Crippen LogP contribution in [0.15, 0.2) is 0 Å². The second kappa shape index (κ2) is 5.58.